The molecule has 10 nitrogen and oxygen atoms in total. The highest BCUT2D eigenvalue weighted by Crippen LogP contribution is 2.29. The van der Waals surface area contributed by atoms with Gasteiger partial charge in [-0.3, -0.25) is 19.3 Å². The number of hydrogen-bond donors (Lipinski definition) is 0. The van der Waals surface area contributed by atoms with E-state index in [4.69, 9.17) is 0 Å². The Hall–Kier alpha value is -3.57. The molecule has 0 radical (unpaired) electrons. The second-order valence-electron chi connectivity index (χ2n) is 8.73. The summed E-state index contributed by atoms with van der Waals surface area (Å²) < 4.78 is 27.7. The highest BCUT2D eigenvalue weighted by Gasteiger charge is 2.42. The topological polar surface area (TPSA) is 115 Å². The van der Waals surface area contributed by atoms with Gasteiger partial charge in [0, 0.05) is 32.0 Å². The van der Waals surface area contributed by atoms with Gasteiger partial charge in [0.1, 0.15) is 6.54 Å². The molecule has 3 heterocycles. The lowest BCUT2D eigenvalue weighted by Crippen LogP contribution is -2.48. The lowest BCUT2D eigenvalue weighted by atomic mass is 10.1. The zero-order chi connectivity index (χ0) is 24.7. The number of urea groups is 1. The number of piperidine rings is 1. The smallest absolute Gasteiger partial charge is 0.312 e. The van der Waals surface area contributed by atoms with Crippen LogP contribution >= 0.6 is 0 Å². The normalized spacial score (nSPS) is 20.4. The van der Waals surface area contributed by atoms with Crippen molar-refractivity contribution in [2.45, 2.75) is 36.6 Å². The summed E-state index contributed by atoms with van der Waals surface area (Å²) in [7, 11) is -3.79. The molecule has 0 atom stereocenters. The van der Waals surface area contributed by atoms with Crippen molar-refractivity contribution in [3.8, 4) is 0 Å². The number of sulfonamides is 1. The fourth-order valence-corrected chi connectivity index (χ4v) is 6.28. The number of para-hydroxylation sites is 1. The highest BCUT2D eigenvalue weighted by atomic mass is 32.2. The Morgan fingerprint density at radius 1 is 0.686 bits per heavy atom. The van der Waals surface area contributed by atoms with Gasteiger partial charge in [-0.15, -0.1) is 0 Å². The molecule has 0 bridgehead atoms. The molecule has 5 amide bonds. The van der Waals surface area contributed by atoms with Gasteiger partial charge < -0.3 is 4.90 Å². The predicted molar refractivity (Wildman–Crippen MR) is 126 cm³/mol. The van der Waals surface area contributed by atoms with Gasteiger partial charge in [-0.05, 0) is 49.2 Å². The monoisotopic (exact) mass is 496 g/mol. The summed E-state index contributed by atoms with van der Waals surface area (Å²) in [4.78, 5) is 53.2. The average molecular weight is 497 g/mol. The van der Waals surface area contributed by atoms with Crippen LogP contribution in [0.15, 0.2) is 59.5 Å². The third-order valence-electron chi connectivity index (χ3n) is 6.65. The van der Waals surface area contributed by atoms with Crippen molar-refractivity contribution in [1.29, 1.82) is 0 Å². The lowest BCUT2D eigenvalue weighted by molar-refractivity contribution is -0.121. The Morgan fingerprint density at radius 3 is 1.86 bits per heavy atom. The first-order chi connectivity index (χ1) is 16.8. The molecule has 35 heavy (non-hydrogen) atoms. The molecular formula is C24H24N4O6S. The first-order valence-electron chi connectivity index (χ1n) is 11.4. The maximum Gasteiger partial charge on any atom is 0.332 e. The number of benzene rings is 2. The van der Waals surface area contributed by atoms with Crippen molar-refractivity contribution >= 4 is 45.2 Å². The number of carbonyl (C=O) groups is 4. The molecule has 0 N–H and O–H groups in total. The highest BCUT2D eigenvalue weighted by molar-refractivity contribution is 7.89. The van der Waals surface area contributed by atoms with Gasteiger partial charge >= 0.3 is 6.03 Å². The van der Waals surface area contributed by atoms with Crippen LogP contribution in [0.4, 0.5) is 16.2 Å². The van der Waals surface area contributed by atoms with Crippen LogP contribution in [0.25, 0.3) is 0 Å². The average Bonchev–Trinajstić information content (AvgIpc) is 3.36. The van der Waals surface area contributed by atoms with Crippen molar-refractivity contribution < 1.29 is 27.6 Å². The molecule has 2 aromatic carbocycles. The van der Waals surface area contributed by atoms with E-state index >= 15 is 0 Å². The molecule has 0 unspecified atom stereocenters. The van der Waals surface area contributed by atoms with Gasteiger partial charge in [-0.1, -0.05) is 18.2 Å². The third kappa shape index (κ3) is 4.10. The molecule has 11 heteroatoms. The van der Waals surface area contributed by atoms with Crippen LogP contribution in [0.3, 0.4) is 0 Å². The number of rotatable bonds is 5. The molecule has 0 saturated carbocycles. The number of nitrogens with zero attached hydrogens (tertiary/aromatic N) is 4. The van der Waals surface area contributed by atoms with E-state index in [2.05, 4.69) is 0 Å². The van der Waals surface area contributed by atoms with Crippen LogP contribution in [0.5, 0.6) is 0 Å². The van der Waals surface area contributed by atoms with Crippen molar-refractivity contribution in [1.82, 2.24) is 9.21 Å². The Balaban J connectivity index is 1.25. The first kappa shape index (κ1) is 23.2. The lowest BCUT2D eigenvalue weighted by Gasteiger charge is -2.35. The summed E-state index contributed by atoms with van der Waals surface area (Å²) in [5, 5.41) is 0. The molecule has 0 aliphatic carbocycles. The van der Waals surface area contributed by atoms with Crippen molar-refractivity contribution in [2.24, 2.45) is 0 Å². The molecule has 3 aliphatic heterocycles. The van der Waals surface area contributed by atoms with Gasteiger partial charge in [-0.25, -0.2) is 18.1 Å². The van der Waals surface area contributed by atoms with Gasteiger partial charge in [-0.2, -0.15) is 4.31 Å². The Labute approximate surface area is 202 Å². The number of imide groups is 2. The van der Waals surface area contributed by atoms with E-state index < -0.39 is 10.0 Å². The van der Waals surface area contributed by atoms with Gasteiger partial charge in [0.05, 0.1) is 16.3 Å². The Bertz CT molecular complexity index is 1270. The molecule has 3 aliphatic rings. The van der Waals surface area contributed by atoms with Gasteiger partial charge in [0.15, 0.2) is 0 Å². The standard InChI is InChI=1S/C24H24N4O6S/c29-21-10-11-22(30)27(21)19-6-8-20(9-7-19)35(33,34)25-14-12-17(13-15-25)26-16-23(31)28(24(26)32)18-4-2-1-3-5-18/h1-9,17H,10-16H2. The van der Waals surface area contributed by atoms with Crippen molar-refractivity contribution in [2.75, 3.05) is 29.4 Å². The number of hydrogen-bond acceptors (Lipinski definition) is 6. The molecule has 0 aromatic heterocycles. The fraction of sp³-hybridized carbons (Fsp3) is 0.333. The van der Waals surface area contributed by atoms with E-state index in [1.165, 1.54) is 38.4 Å². The molecular weight excluding hydrogens is 472 g/mol. The summed E-state index contributed by atoms with van der Waals surface area (Å²) in [5.41, 5.74) is 0.876. The van der Waals surface area contributed by atoms with Crippen molar-refractivity contribution in [3.05, 3.63) is 54.6 Å². The quantitative estimate of drug-likeness (QED) is 0.462. The maximum atomic E-state index is 13.2. The van der Waals surface area contributed by atoms with E-state index in [0.717, 1.165) is 4.90 Å². The van der Waals surface area contributed by atoms with E-state index in [1.807, 2.05) is 0 Å². The van der Waals surface area contributed by atoms with Crippen LogP contribution in [0.1, 0.15) is 25.7 Å². The summed E-state index contributed by atoms with van der Waals surface area (Å²) in [6.07, 6.45) is 1.13. The number of carbonyl (C=O) groups excluding carboxylic acids is 4. The van der Waals surface area contributed by atoms with E-state index in [1.54, 1.807) is 30.3 Å². The molecule has 3 saturated heterocycles. The SMILES string of the molecule is O=C1CCC(=O)N1c1ccc(S(=O)(=O)N2CCC(N3CC(=O)N(c4ccccc4)C3=O)CC2)cc1. The second-order valence-corrected chi connectivity index (χ2v) is 10.7. The molecule has 3 fully saturated rings. The first-order valence-corrected chi connectivity index (χ1v) is 12.9. The molecule has 5 rings (SSSR count). The van der Waals surface area contributed by atoms with Crippen LogP contribution < -0.4 is 9.80 Å². The van der Waals surface area contributed by atoms with Crippen LogP contribution in [0, 0.1) is 0 Å². The maximum absolute atomic E-state index is 13.2. The summed E-state index contributed by atoms with van der Waals surface area (Å²) in [6, 6.07) is 13.8. The zero-order valence-electron chi connectivity index (χ0n) is 18.9. The minimum absolute atomic E-state index is 0.0272. The van der Waals surface area contributed by atoms with Crippen LogP contribution in [-0.4, -0.2) is 67.1 Å². The summed E-state index contributed by atoms with van der Waals surface area (Å²) in [6.45, 7) is 0.392. The fourth-order valence-electron chi connectivity index (χ4n) is 4.81. The molecule has 2 aromatic rings. The van der Waals surface area contributed by atoms with Gasteiger partial charge in [0.25, 0.3) is 5.91 Å². The minimum atomic E-state index is -3.79. The molecule has 182 valence electrons. The minimum Gasteiger partial charge on any atom is -0.312 e. The molecule has 0 spiro atoms. The third-order valence-corrected chi connectivity index (χ3v) is 8.57. The largest absolute Gasteiger partial charge is 0.332 e. The number of amides is 5. The number of anilines is 2. The van der Waals surface area contributed by atoms with Gasteiger partial charge in [0.2, 0.25) is 21.8 Å². The van der Waals surface area contributed by atoms with Crippen molar-refractivity contribution in [3.63, 3.8) is 0 Å². The zero-order valence-corrected chi connectivity index (χ0v) is 19.7. The van der Waals surface area contributed by atoms with E-state index in [-0.39, 0.29) is 67.2 Å². The summed E-state index contributed by atoms with van der Waals surface area (Å²) >= 11 is 0. The van der Waals surface area contributed by atoms with Crippen LogP contribution in [-0.2, 0) is 24.4 Å². The van der Waals surface area contributed by atoms with Crippen LogP contribution in [0.2, 0.25) is 0 Å². The predicted octanol–water partition coefficient (Wildman–Crippen LogP) is 1.96. The van der Waals surface area contributed by atoms with E-state index in [9.17, 15) is 27.6 Å². The summed E-state index contributed by atoms with van der Waals surface area (Å²) in [5.74, 6) is -0.895. The van der Waals surface area contributed by atoms with E-state index in [0.29, 0.717) is 24.2 Å². The Morgan fingerprint density at radius 2 is 1.26 bits per heavy atom. The Kier molecular flexibility index (Phi) is 5.89. The second kappa shape index (κ2) is 8.90.